The highest BCUT2D eigenvalue weighted by Gasteiger charge is 2.23. The van der Waals surface area contributed by atoms with Gasteiger partial charge in [-0.1, -0.05) is 36.4 Å². The number of hydrogen-bond acceptors (Lipinski definition) is 6. The van der Waals surface area contributed by atoms with Gasteiger partial charge < -0.3 is 20.1 Å². The Labute approximate surface area is 184 Å². The Bertz CT molecular complexity index is 973. The SMILES string of the molecule is O=C(CC(=O)NN1CCN(C(=O)OCc2ccccc2)CC1)Nc1cccc(C(=O)O)c1. The summed E-state index contributed by atoms with van der Waals surface area (Å²) in [6, 6.07) is 15.1. The summed E-state index contributed by atoms with van der Waals surface area (Å²) in [7, 11) is 0. The molecule has 0 atom stereocenters. The Balaban J connectivity index is 1.37. The normalized spacial score (nSPS) is 13.8. The zero-order chi connectivity index (χ0) is 22.9. The number of rotatable bonds is 7. The number of nitrogens with zero attached hydrogens (tertiary/aromatic N) is 2. The average molecular weight is 440 g/mol. The third kappa shape index (κ3) is 6.81. The van der Waals surface area contributed by atoms with Crippen LogP contribution in [0.25, 0.3) is 0 Å². The predicted molar refractivity (Wildman–Crippen MR) is 115 cm³/mol. The molecule has 1 fully saturated rings. The van der Waals surface area contributed by atoms with Crippen LogP contribution in [0.3, 0.4) is 0 Å². The maximum Gasteiger partial charge on any atom is 0.410 e. The van der Waals surface area contributed by atoms with Crippen LogP contribution in [-0.4, -0.2) is 65.1 Å². The van der Waals surface area contributed by atoms with E-state index in [0.717, 1.165) is 5.56 Å². The zero-order valence-electron chi connectivity index (χ0n) is 17.3. The lowest BCUT2D eigenvalue weighted by Gasteiger charge is -2.34. The number of aromatic carboxylic acids is 1. The van der Waals surface area contributed by atoms with Crippen LogP contribution in [-0.2, 0) is 20.9 Å². The number of carbonyl (C=O) groups excluding carboxylic acids is 3. The van der Waals surface area contributed by atoms with Crippen molar-refractivity contribution in [2.75, 3.05) is 31.5 Å². The summed E-state index contributed by atoms with van der Waals surface area (Å²) in [5.74, 6) is -2.17. The lowest BCUT2D eigenvalue weighted by atomic mass is 10.2. The van der Waals surface area contributed by atoms with Gasteiger partial charge in [-0.15, -0.1) is 0 Å². The standard InChI is InChI=1S/C22H24N4O6/c27-19(23-18-8-4-7-17(13-18)21(29)30)14-20(28)24-26-11-9-25(10-12-26)22(31)32-15-16-5-2-1-3-6-16/h1-8,13H,9-12,14-15H2,(H,23,27)(H,24,28)(H,29,30). The number of carbonyl (C=O) groups is 4. The second-order valence-electron chi connectivity index (χ2n) is 7.16. The van der Waals surface area contributed by atoms with Gasteiger partial charge in [0.05, 0.1) is 5.56 Å². The molecule has 0 saturated carbocycles. The minimum atomic E-state index is -1.11. The van der Waals surface area contributed by atoms with Gasteiger partial charge in [0.2, 0.25) is 11.8 Å². The highest BCUT2D eigenvalue weighted by Crippen LogP contribution is 2.11. The molecular formula is C22H24N4O6. The molecular weight excluding hydrogens is 416 g/mol. The van der Waals surface area contributed by atoms with Gasteiger partial charge in [-0.2, -0.15) is 0 Å². The maximum absolute atomic E-state index is 12.2. The molecule has 3 amide bonds. The topological polar surface area (TPSA) is 128 Å². The summed E-state index contributed by atoms with van der Waals surface area (Å²) in [6.07, 6.45) is -0.834. The summed E-state index contributed by atoms with van der Waals surface area (Å²) < 4.78 is 5.31. The van der Waals surface area contributed by atoms with Crippen LogP contribution >= 0.6 is 0 Å². The van der Waals surface area contributed by atoms with Gasteiger partial charge in [0.15, 0.2) is 0 Å². The van der Waals surface area contributed by atoms with Crippen LogP contribution in [0.15, 0.2) is 54.6 Å². The fraction of sp³-hybridized carbons (Fsp3) is 0.273. The van der Waals surface area contributed by atoms with Gasteiger partial charge in [0, 0.05) is 31.9 Å². The Morgan fingerprint density at radius 3 is 2.31 bits per heavy atom. The van der Waals surface area contributed by atoms with Gasteiger partial charge in [-0.05, 0) is 23.8 Å². The van der Waals surface area contributed by atoms with Gasteiger partial charge >= 0.3 is 12.1 Å². The maximum atomic E-state index is 12.2. The third-order valence-corrected chi connectivity index (χ3v) is 4.74. The summed E-state index contributed by atoms with van der Waals surface area (Å²) in [4.78, 5) is 49.0. The highest BCUT2D eigenvalue weighted by molar-refractivity contribution is 6.03. The minimum Gasteiger partial charge on any atom is -0.478 e. The number of carboxylic acid groups (broad SMARTS) is 1. The molecule has 2 aromatic rings. The molecule has 3 rings (SSSR count). The minimum absolute atomic E-state index is 0.0346. The average Bonchev–Trinajstić information content (AvgIpc) is 2.78. The van der Waals surface area contributed by atoms with Crippen molar-refractivity contribution in [3.8, 4) is 0 Å². The highest BCUT2D eigenvalue weighted by atomic mass is 16.6. The van der Waals surface area contributed by atoms with Crippen LogP contribution in [0.2, 0.25) is 0 Å². The molecule has 0 bridgehead atoms. The molecule has 0 radical (unpaired) electrons. The molecule has 10 nitrogen and oxygen atoms in total. The van der Waals surface area contributed by atoms with Crippen molar-refractivity contribution in [2.45, 2.75) is 13.0 Å². The first-order valence-corrected chi connectivity index (χ1v) is 10.0. The van der Waals surface area contributed by atoms with E-state index < -0.39 is 30.3 Å². The number of carboxylic acids is 1. The van der Waals surface area contributed by atoms with Crippen LogP contribution in [0.1, 0.15) is 22.3 Å². The summed E-state index contributed by atoms with van der Waals surface area (Å²) in [5, 5.41) is 13.1. The van der Waals surface area contributed by atoms with E-state index in [2.05, 4.69) is 10.7 Å². The molecule has 2 aromatic carbocycles. The van der Waals surface area contributed by atoms with E-state index in [4.69, 9.17) is 9.84 Å². The van der Waals surface area contributed by atoms with Crippen molar-refractivity contribution in [3.05, 3.63) is 65.7 Å². The quantitative estimate of drug-likeness (QED) is 0.559. The van der Waals surface area contributed by atoms with Crippen molar-refractivity contribution in [1.82, 2.24) is 15.3 Å². The van der Waals surface area contributed by atoms with Crippen molar-refractivity contribution >= 4 is 29.6 Å². The van der Waals surface area contributed by atoms with E-state index in [1.807, 2.05) is 30.3 Å². The third-order valence-electron chi connectivity index (χ3n) is 4.74. The second kappa shape index (κ2) is 10.9. The van der Waals surface area contributed by atoms with E-state index in [0.29, 0.717) is 31.9 Å². The number of piperazine rings is 1. The van der Waals surface area contributed by atoms with Gasteiger partial charge in [-0.25, -0.2) is 14.6 Å². The molecule has 10 heteroatoms. The lowest BCUT2D eigenvalue weighted by Crippen LogP contribution is -2.55. The number of nitrogens with one attached hydrogen (secondary N) is 2. The smallest absolute Gasteiger partial charge is 0.410 e. The first kappa shape index (κ1) is 22.8. The van der Waals surface area contributed by atoms with E-state index in [9.17, 15) is 19.2 Å². The largest absolute Gasteiger partial charge is 0.478 e. The number of ether oxygens (including phenoxy) is 1. The molecule has 0 aromatic heterocycles. The number of amides is 3. The van der Waals surface area contributed by atoms with E-state index in [1.54, 1.807) is 16.0 Å². The summed E-state index contributed by atoms with van der Waals surface area (Å²) in [6.45, 7) is 1.74. The van der Waals surface area contributed by atoms with Gasteiger partial charge in [-0.3, -0.25) is 15.0 Å². The van der Waals surface area contributed by atoms with E-state index in [-0.39, 0.29) is 12.2 Å². The number of hydrogen-bond donors (Lipinski definition) is 3. The Morgan fingerprint density at radius 2 is 1.62 bits per heavy atom. The van der Waals surface area contributed by atoms with Crippen LogP contribution in [0, 0.1) is 0 Å². The fourth-order valence-corrected chi connectivity index (χ4v) is 3.11. The zero-order valence-corrected chi connectivity index (χ0v) is 17.3. The summed E-state index contributed by atoms with van der Waals surface area (Å²) in [5.41, 5.74) is 3.88. The first-order chi connectivity index (χ1) is 15.4. The Morgan fingerprint density at radius 1 is 0.906 bits per heavy atom. The van der Waals surface area contributed by atoms with Gasteiger partial charge in [0.25, 0.3) is 0 Å². The molecule has 1 aliphatic heterocycles. The van der Waals surface area contributed by atoms with Crippen molar-refractivity contribution < 1.29 is 29.0 Å². The lowest BCUT2D eigenvalue weighted by molar-refractivity contribution is -0.130. The molecule has 1 saturated heterocycles. The molecule has 0 aliphatic carbocycles. The number of anilines is 1. The van der Waals surface area contributed by atoms with Crippen LogP contribution in [0.4, 0.5) is 10.5 Å². The number of hydrazine groups is 1. The molecule has 3 N–H and O–H groups in total. The Kier molecular flexibility index (Phi) is 7.76. The molecule has 1 heterocycles. The van der Waals surface area contributed by atoms with Crippen molar-refractivity contribution in [1.29, 1.82) is 0 Å². The molecule has 168 valence electrons. The Hall–Kier alpha value is -3.92. The van der Waals surface area contributed by atoms with Crippen molar-refractivity contribution in [3.63, 3.8) is 0 Å². The molecule has 0 unspecified atom stereocenters. The van der Waals surface area contributed by atoms with Crippen LogP contribution in [0.5, 0.6) is 0 Å². The molecule has 1 aliphatic rings. The number of benzene rings is 2. The summed E-state index contributed by atoms with van der Waals surface area (Å²) >= 11 is 0. The second-order valence-corrected chi connectivity index (χ2v) is 7.16. The monoisotopic (exact) mass is 440 g/mol. The molecule has 32 heavy (non-hydrogen) atoms. The first-order valence-electron chi connectivity index (χ1n) is 10.0. The van der Waals surface area contributed by atoms with E-state index >= 15 is 0 Å². The predicted octanol–water partition coefficient (Wildman–Crippen LogP) is 1.70. The van der Waals surface area contributed by atoms with Crippen molar-refractivity contribution in [2.24, 2.45) is 0 Å². The van der Waals surface area contributed by atoms with Crippen LogP contribution < -0.4 is 10.7 Å². The fourth-order valence-electron chi connectivity index (χ4n) is 3.11. The molecule has 0 spiro atoms. The van der Waals surface area contributed by atoms with E-state index in [1.165, 1.54) is 18.2 Å². The van der Waals surface area contributed by atoms with Gasteiger partial charge in [0.1, 0.15) is 13.0 Å².